The van der Waals surface area contributed by atoms with Gasteiger partial charge in [0.1, 0.15) is 0 Å². The highest BCUT2D eigenvalue weighted by Crippen LogP contribution is 1.99. The molecule has 0 N–H and O–H groups in total. The molecule has 0 spiro atoms. The highest BCUT2D eigenvalue weighted by Gasteiger charge is 2.12. The first-order valence-corrected chi connectivity index (χ1v) is 4.57. The van der Waals surface area contributed by atoms with Crippen LogP contribution in [0.1, 0.15) is 13.8 Å². The van der Waals surface area contributed by atoms with E-state index in [-0.39, 0.29) is 17.6 Å². The number of hydrogen-bond acceptors (Lipinski definition) is 3. The van der Waals surface area contributed by atoms with Crippen LogP contribution in [0.25, 0.3) is 0 Å². The van der Waals surface area contributed by atoms with Crippen LogP contribution in [0.4, 0.5) is 0 Å². The van der Waals surface area contributed by atoms with E-state index in [4.69, 9.17) is 5.26 Å². The standard InChI is InChI=1S/C8H14N2OS/c1-3-10(8(11)6-12)5-7(2)4-9/h7,12H,3,5-6H2,1-2H3. The smallest absolute Gasteiger partial charge is 0.232 e. The molecule has 0 saturated carbocycles. The molecule has 0 aliphatic heterocycles. The first-order valence-electron chi connectivity index (χ1n) is 3.93. The predicted molar refractivity (Wildman–Crippen MR) is 50.9 cm³/mol. The maximum atomic E-state index is 11.1. The molecule has 1 amide bonds. The molecule has 0 aromatic carbocycles. The molecule has 12 heavy (non-hydrogen) atoms. The number of rotatable bonds is 4. The first kappa shape index (κ1) is 11.3. The third-order valence-electron chi connectivity index (χ3n) is 1.58. The molecule has 0 fully saturated rings. The van der Waals surface area contributed by atoms with E-state index in [1.54, 1.807) is 11.8 Å². The lowest BCUT2D eigenvalue weighted by molar-refractivity contribution is -0.128. The summed E-state index contributed by atoms with van der Waals surface area (Å²) in [6.07, 6.45) is 0. The lowest BCUT2D eigenvalue weighted by Gasteiger charge is -2.20. The summed E-state index contributed by atoms with van der Waals surface area (Å²) in [7, 11) is 0. The topological polar surface area (TPSA) is 44.1 Å². The quantitative estimate of drug-likeness (QED) is 0.664. The third-order valence-corrected chi connectivity index (χ3v) is 1.85. The van der Waals surface area contributed by atoms with E-state index in [2.05, 4.69) is 18.7 Å². The van der Waals surface area contributed by atoms with Gasteiger partial charge in [-0.05, 0) is 13.8 Å². The molecule has 0 aromatic rings. The minimum atomic E-state index is -0.103. The summed E-state index contributed by atoms with van der Waals surface area (Å²) in [6.45, 7) is 4.84. The number of carbonyl (C=O) groups is 1. The van der Waals surface area contributed by atoms with Gasteiger partial charge in [0, 0.05) is 13.1 Å². The van der Waals surface area contributed by atoms with Crippen LogP contribution in [0.2, 0.25) is 0 Å². The van der Waals surface area contributed by atoms with Crippen LogP contribution in [0.3, 0.4) is 0 Å². The van der Waals surface area contributed by atoms with Crippen LogP contribution in [0.15, 0.2) is 0 Å². The maximum absolute atomic E-state index is 11.1. The van der Waals surface area contributed by atoms with Crippen molar-refractivity contribution in [2.75, 3.05) is 18.8 Å². The lowest BCUT2D eigenvalue weighted by Crippen LogP contribution is -2.35. The van der Waals surface area contributed by atoms with Crippen LogP contribution in [0.5, 0.6) is 0 Å². The fourth-order valence-electron chi connectivity index (χ4n) is 0.879. The van der Waals surface area contributed by atoms with Gasteiger partial charge in [-0.1, -0.05) is 0 Å². The highest BCUT2D eigenvalue weighted by molar-refractivity contribution is 7.81. The molecule has 0 saturated heterocycles. The van der Waals surface area contributed by atoms with E-state index in [0.29, 0.717) is 13.1 Å². The number of nitrogens with zero attached hydrogens (tertiary/aromatic N) is 2. The minimum Gasteiger partial charge on any atom is -0.341 e. The Morgan fingerprint density at radius 2 is 2.33 bits per heavy atom. The molecule has 0 aromatic heterocycles. The van der Waals surface area contributed by atoms with E-state index >= 15 is 0 Å². The third kappa shape index (κ3) is 3.63. The molecular weight excluding hydrogens is 172 g/mol. The monoisotopic (exact) mass is 186 g/mol. The predicted octanol–water partition coefficient (Wildman–Crippen LogP) is 0.924. The van der Waals surface area contributed by atoms with Gasteiger partial charge in [-0.15, -0.1) is 0 Å². The van der Waals surface area contributed by atoms with Crippen molar-refractivity contribution in [3.63, 3.8) is 0 Å². The maximum Gasteiger partial charge on any atom is 0.232 e. The second-order valence-electron chi connectivity index (χ2n) is 2.62. The van der Waals surface area contributed by atoms with Gasteiger partial charge in [0.05, 0.1) is 17.7 Å². The molecular formula is C8H14N2OS. The Labute approximate surface area is 78.8 Å². The van der Waals surface area contributed by atoms with Crippen molar-refractivity contribution in [2.45, 2.75) is 13.8 Å². The summed E-state index contributed by atoms with van der Waals surface area (Å²) in [4.78, 5) is 12.8. The van der Waals surface area contributed by atoms with Crippen molar-refractivity contribution in [3.8, 4) is 6.07 Å². The van der Waals surface area contributed by atoms with Gasteiger partial charge >= 0.3 is 0 Å². The molecule has 0 radical (unpaired) electrons. The summed E-state index contributed by atoms with van der Waals surface area (Å²) >= 11 is 3.89. The number of carbonyl (C=O) groups excluding carboxylic acids is 1. The molecule has 1 atom stereocenters. The molecule has 0 aliphatic rings. The molecule has 0 heterocycles. The molecule has 0 aliphatic carbocycles. The summed E-state index contributed by atoms with van der Waals surface area (Å²) in [5, 5.41) is 8.53. The summed E-state index contributed by atoms with van der Waals surface area (Å²) in [6, 6.07) is 2.09. The van der Waals surface area contributed by atoms with Crippen molar-refractivity contribution >= 4 is 18.5 Å². The summed E-state index contributed by atoms with van der Waals surface area (Å²) < 4.78 is 0. The van der Waals surface area contributed by atoms with E-state index in [9.17, 15) is 4.79 Å². The van der Waals surface area contributed by atoms with Crippen LogP contribution in [0, 0.1) is 17.2 Å². The second-order valence-corrected chi connectivity index (χ2v) is 2.94. The largest absolute Gasteiger partial charge is 0.341 e. The zero-order chi connectivity index (χ0) is 9.56. The molecule has 1 unspecified atom stereocenters. The lowest BCUT2D eigenvalue weighted by atomic mass is 10.2. The van der Waals surface area contributed by atoms with E-state index in [1.165, 1.54) is 0 Å². The normalized spacial score (nSPS) is 11.8. The zero-order valence-corrected chi connectivity index (χ0v) is 8.34. The van der Waals surface area contributed by atoms with Gasteiger partial charge in [0.25, 0.3) is 0 Å². The van der Waals surface area contributed by atoms with Gasteiger partial charge in [-0.2, -0.15) is 17.9 Å². The van der Waals surface area contributed by atoms with Gasteiger partial charge in [0.2, 0.25) is 5.91 Å². The highest BCUT2D eigenvalue weighted by atomic mass is 32.1. The van der Waals surface area contributed by atoms with Crippen LogP contribution in [-0.4, -0.2) is 29.6 Å². The Bertz CT molecular complexity index is 188. The van der Waals surface area contributed by atoms with E-state index < -0.39 is 0 Å². The number of nitriles is 1. The van der Waals surface area contributed by atoms with E-state index in [1.807, 2.05) is 6.92 Å². The number of hydrogen-bond donors (Lipinski definition) is 1. The van der Waals surface area contributed by atoms with E-state index in [0.717, 1.165) is 0 Å². The minimum absolute atomic E-state index is 0.0112. The molecule has 4 heteroatoms. The molecule has 68 valence electrons. The van der Waals surface area contributed by atoms with Crippen molar-refractivity contribution < 1.29 is 4.79 Å². The second kappa shape index (κ2) is 5.90. The van der Waals surface area contributed by atoms with Crippen LogP contribution < -0.4 is 0 Å². The van der Waals surface area contributed by atoms with Gasteiger partial charge in [-0.25, -0.2) is 0 Å². The zero-order valence-electron chi connectivity index (χ0n) is 7.45. The Kier molecular flexibility index (Phi) is 5.56. The van der Waals surface area contributed by atoms with Crippen LogP contribution in [-0.2, 0) is 4.79 Å². The summed E-state index contributed by atoms with van der Waals surface area (Å²) in [5.74, 6) is 0.100. The SMILES string of the molecule is CCN(CC(C)C#N)C(=O)CS. The fourth-order valence-corrected chi connectivity index (χ4v) is 1.08. The molecule has 3 nitrogen and oxygen atoms in total. The average molecular weight is 186 g/mol. The van der Waals surface area contributed by atoms with Gasteiger partial charge in [-0.3, -0.25) is 4.79 Å². The average Bonchev–Trinajstić information content (AvgIpc) is 2.12. The van der Waals surface area contributed by atoms with Crippen molar-refractivity contribution in [3.05, 3.63) is 0 Å². The van der Waals surface area contributed by atoms with Crippen molar-refractivity contribution in [1.29, 1.82) is 5.26 Å². The number of thiol groups is 1. The van der Waals surface area contributed by atoms with Crippen LogP contribution >= 0.6 is 12.6 Å². The van der Waals surface area contributed by atoms with Crippen molar-refractivity contribution in [1.82, 2.24) is 4.90 Å². The molecule has 0 rings (SSSR count). The van der Waals surface area contributed by atoms with Gasteiger partial charge in [0.15, 0.2) is 0 Å². The Morgan fingerprint density at radius 1 is 1.75 bits per heavy atom. The van der Waals surface area contributed by atoms with Crippen molar-refractivity contribution in [2.24, 2.45) is 5.92 Å². The molecule has 0 bridgehead atoms. The van der Waals surface area contributed by atoms with Gasteiger partial charge < -0.3 is 4.90 Å². The Balaban J connectivity index is 4.01. The Hall–Kier alpha value is -0.690. The summed E-state index contributed by atoms with van der Waals surface area (Å²) in [5.41, 5.74) is 0. The Morgan fingerprint density at radius 3 is 2.67 bits per heavy atom. The first-order chi connectivity index (χ1) is 5.65. The fraction of sp³-hybridized carbons (Fsp3) is 0.750. The number of amides is 1.